The molecular weight excluding hydrogens is 244 g/mol. The molecule has 2 N–H and O–H groups in total. The number of aliphatic hydroxyl groups is 1. The molecule has 0 aliphatic heterocycles. The molecule has 4 heteroatoms. The number of rotatable bonds is 7. The first-order valence-electron chi connectivity index (χ1n) is 6.59. The van der Waals surface area contributed by atoms with Crippen LogP contribution in [0.3, 0.4) is 0 Å². The van der Waals surface area contributed by atoms with E-state index in [9.17, 15) is 5.11 Å². The molecule has 3 nitrogen and oxygen atoms in total. The standard InChI is InChI=1S/C14H24N2OS/c1-5-8-15-10(2)13-7-6-9-16-14(13)18-12(4)11(3)17/h6-7,9-12,15,17H,5,8H2,1-4H3. The van der Waals surface area contributed by atoms with Gasteiger partial charge in [0.25, 0.3) is 0 Å². The van der Waals surface area contributed by atoms with Crippen molar-refractivity contribution in [1.82, 2.24) is 10.3 Å². The smallest absolute Gasteiger partial charge is 0.101 e. The van der Waals surface area contributed by atoms with Crippen LogP contribution in [0.5, 0.6) is 0 Å². The number of pyridine rings is 1. The molecule has 18 heavy (non-hydrogen) atoms. The van der Waals surface area contributed by atoms with Crippen molar-refractivity contribution in [3.63, 3.8) is 0 Å². The Kier molecular flexibility index (Phi) is 6.68. The van der Waals surface area contributed by atoms with E-state index in [0.29, 0.717) is 6.04 Å². The third kappa shape index (κ3) is 4.59. The molecule has 0 spiro atoms. The van der Waals surface area contributed by atoms with Crippen LogP contribution in [0.1, 0.15) is 45.7 Å². The van der Waals surface area contributed by atoms with Crippen LogP contribution >= 0.6 is 11.8 Å². The molecule has 3 unspecified atom stereocenters. The maximum Gasteiger partial charge on any atom is 0.101 e. The van der Waals surface area contributed by atoms with Crippen molar-refractivity contribution in [1.29, 1.82) is 0 Å². The maximum atomic E-state index is 9.59. The highest BCUT2D eigenvalue weighted by Crippen LogP contribution is 2.29. The molecule has 0 fully saturated rings. The largest absolute Gasteiger partial charge is 0.392 e. The minimum absolute atomic E-state index is 0.150. The normalized spacial score (nSPS) is 16.3. The lowest BCUT2D eigenvalue weighted by Gasteiger charge is -2.19. The van der Waals surface area contributed by atoms with Crippen LogP contribution in [0.25, 0.3) is 0 Å². The minimum atomic E-state index is -0.330. The van der Waals surface area contributed by atoms with Crippen molar-refractivity contribution in [2.24, 2.45) is 0 Å². The van der Waals surface area contributed by atoms with E-state index in [-0.39, 0.29) is 11.4 Å². The van der Waals surface area contributed by atoms with Crippen LogP contribution < -0.4 is 5.32 Å². The topological polar surface area (TPSA) is 45.2 Å². The zero-order valence-corrected chi connectivity index (χ0v) is 12.5. The van der Waals surface area contributed by atoms with Gasteiger partial charge in [0, 0.05) is 23.1 Å². The molecule has 0 saturated heterocycles. The highest BCUT2D eigenvalue weighted by Gasteiger charge is 2.16. The summed E-state index contributed by atoms with van der Waals surface area (Å²) in [4.78, 5) is 4.44. The Balaban J connectivity index is 2.78. The molecule has 3 atom stereocenters. The second kappa shape index (κ2) is 7.77. The quantitative estimate of drug-likeness (QED) is 0.746. The first-order chi connectivity index (χ1) is 8.56. The zero-order chi connectivity index (χ0) is 13.5. The molecule has 0 aliphatic rings. The monoisotopic (exact) mass is 268 g/mol. The molecule has 0 amide bonds. The average Bonchev–Trinajstić information content (AvgIpc) is 2.36. The molecule has 0 radical (unpaired) electrons. The Morgan fingerprint density at radius 1 is 1.39 bits per heavy atom. The summed E-state index contributed by atoms with van der Waals surface area (Å²) < 4.78 is 0. The van der Waals surface area contributed by atoms with Gasteiger partial charge in [-0.2, -0.15) is 0 Å². The second-order valence-corrected chi connectivity index (χ2v) is 6.00. The van der Waals surface area contributed by atoms with E-state index < -0.39 is 0 Å². The Hall–Kier alpha value is -0.580. The van der Waals surface area contributed by atoms with Gasteiger partial charge >= 0.3 is 0 Å². The molecule has 1 aromatic rings. The number of hydrogen-bond donors (Lipinski definition) is 2. The molecule has 0 aliphatic carbocycles. The van der Waals surface area contributed by atoms with Gasteiger partial charge in [0.15, 0.2) is 0 Å². The van der Waals surface area contributed by atoms with E-state index in [1.807, 2.05) is 26.1 Å². The summed E-state index contributed by atoms with van der Waals surface area (Å²) in [5, 5.41) is 14.2. The minimum Gasteiger partial charge on any atom is -0.392 e. The molecule has 1 rings (SSSR count). The van der Waals surface area contributed by atoms with E-state index >= 15 is 0 Å². The fourth-order valence-corrected chi connectivity index (χ4v) is 2.63. The van der Waals surface area contributed by atoms with Crippen LogP contribution in [-0.2, 0) is 0 Å². The predicted octanol–water partition coefficient (Wildman–Crippen LogP) is 3.00. The lowest BCUT2D eigenvalue weighted by atomic mass is 10.1. The third-order valence-corrected chi connectivity index (χ3v) is 4.27. The van der Waals surface area contributed by atoms with Gasteiger partial charge in [-0.3, -0.25) is 0 Å². The number of aliphatic hydroxyl groups excluding tert-OH is 1. The van der Waals surface area contributed by atoms with Gasteiger partial charge in [-0.1, -0.05) is 19.9 Å². The summed E-state index contributed by atoms with van der Waals surface area (Å²) in [5.74, 6) is 0. The molecule has 0 saturated carbocycles. The Bertz CT molecular complexity index is 357. The van der Waals surface area contributed by atoms with E-state index in [2.05, 4.69) is 30.2 Å². The van der Waals surface area contributed by atoms with Crippen LogP contribution in [0.2, 0.25) is 0 Å². The summed E-state index contributed by atoms with van der Waals surface area (Å²) in [6.45, 7) is 9.17. The summed E-state index contributed by atoms with van der Waals surface area (Å²) in [6.07, 6.45) is 2.60. The molecule has 1 heterocycles. The van der Waals surface area contributed by atoms with Crippen molar-refractivity contribution in [2.45, 2.75) is 56.5 Å². The van der Waals surface area contributed by atoms with Gasteiger partial charge in [-0.15, -0.1) is 11.8 Å². The summed E-state index contributed by atoms with van der Waals surface area (Å²) in [6, 6.07) is 4.37. The summed E-state index contributed by atoms with van der Waals surface area (Å²) >= 11 is 1.64. The molecule has 102 valence electrons. The van der Waals surface area contributed by atoms with Crippen LogP contribution in [0.15, 0.2) is 23.4 Å². The summed E-state index contributed by atoms with van der Waals surface area (Å²) in [5.41, 5.74) is 1.21. The van der Waals surface area contributed by atoms with Gasteiger partial charge in [0.1, 0.15) is 5.03 Å². The van der Waals surface area contributed by atoms with Gasteiger partial charge < -0.3 is 10.4 Å². The van der Waals surface area contributed by atoms with Gasteiger partial charge in [-0.05, 0) is 32.9 Å². The second-order valence-electron chi connectivity index (χ2n) is 4.64. The number of thioether (sulfide) groups is 1. The first-order valence-corrected chi connectivity index (χ1v) is 7.47. The molecule has 1 aromatic heterocycles. The summed E-state index contributed by atoms with van der Waals surface area (Å²) in [7, 11) is 0. The zero-order valence-electron chi connectivity index (χ0n) is 11.7. The van der Waals surface area contributed by atoms with Gasteiger partial charge in [-0.25, -0.2) is 4.98 Å². The van der Waals surface area contributed by atoms with Crippen molar-refractivity contribution in [3.05, 3.63) is 23.9 Å². The van der Waals surface area contributed by atoms with E-state index in [1.165, 1.54) is 5.56 Å². The fourth-order valence-electron chi connectivity index (χ4n) is 1.58. The van der Waals surface area contributed by atoms with Crippen LogP contribution in [0.4, 0.5) is 0 Å². The van der Waals surface area contributed by atoms with Crippen LogP contribution in [0, 0.1) is 0 Å². The highest BCUT2D eigenvalue weighted by molar-refractivity contribution is 7.99. The van der Waals surface area contributed by atoms with Gasteiger partial charge in [0.2, 0.25) is 0 Å². The lowest BCUT2D eigenvalue weighted by Crippen LogP contribution is -2.21. The number of hydrogen-bond acceptors (Lipinski definition) is 4. The Morgan fingerprint density at radius 3 is 2.72 bits per heavy atom. The third-order valence-electron chi connectivity index (χ3n) is 2.94. The van der Waals surface area contributed by atoms with Crippen molar-refractivity contribution in [3.8, 4) is 0 Å². The average molecular weight is 268 g/mol. The number of aromatic nitrogens is 1. The number of nitrogens with zero attached hydrogens (tertiary/aromatic N) is 1. The molecule has 0 aromatic carbocycles. The first kappa shape index (κ1) is 15.5. The van der Waals surface area contributed by atoms with Gasteiger partial charge in [0.05, 0.1) is 6.10 Å². The predicted molar refractivity (Wildman–Crippen MR) is 77.9 cm³/mol. The Labute approximate surface area is 114 Å². The highest BCUT2D eigenvalue weighted by atomic mass is 32.2. The molecular formula is C14H24N2OS. The van der Waals surface area contributed by atoms with Crippen molar-refractivity contribution < 1.29 is 5.11 Å². The lowest BCUT2D eigenvalue weighted by molar-refractivity contribution is 0.196. The van der Waals surface area contributed by atoms with Crippen LogP contribution in [-0.4, -0.2) is 28.0 Å². The van der Waals surface area contributed by atoms with Crippen molar-refractivity contribution >= 4 is 11.8 Å². The fraction of sp³-hybridized carbons (Fsp3) is 0.643. The maximum absolute atomic E-state index is 9.59. The van der Waals surface area contributed by atoms with Crippen molar-refractivity contribution in [2.75, 3.05) is 6.54 Å². The number of nitrogens with one attached hydrogen (secondary N) is 1. The molecule has 0 bridgehead atoms. The van der Waals surface area contributed by atoms with E-state index in [1.54, 1.807) is 11.8 Å². The van der Waals surface area contributed by atoms with E-state index in [4.69, 9.17) is 0 Å². The Morgan fingerprint density at radius 2 is 2.11 bits per heavy atom. The SMILES string of the molecule is CCCNC(C)c1cccnc1SC(C)C(C)O. The van der Waals surface area contributed by atoms with E-state index in [0.717, 1.165) is 18.0 Å².